The van der Waals surface area contributed by atoms with Crippen molar-refractivity contribution in [3.8, 4) is 11.5 Å². The van der Waals surface area contributed by atoms with E-state index in [1.807, 2.05) is 18.2 Å². The third-order valence-corrected chi connectivity index (χ3v) is 4.27. The van der Waals surface area contributed by atoms with E-state index in [1.54, 1.807) is 7.11 Å². The fourth-order valence-electron chi connectivity index (χ4n) is 3.39. The number of nitrogens with two attached hydrogens (primary N) is 1. The zero-order chi connectivity index (χ0) is 13.5. The van der Waals surface area contributed by atoms with Gasteiger partial charge in [-0.1, -0.05) is 6.07 Å². The zero-order valence-electron chi connectivity index (χ0n) is 11.7. The van der Waals surface area contributed by atoms with Gasteiger partial charge >= 0.3 is 0 Å². The molecule has 1 unspecified atom stereocenters. The Morgan fingerprint density at radius 2 is 2.32 bits per heavy atom. The molecule has 4 nitrogen and oxygen atoms in total. The minimum atomic E-state index is -0.119. The second-order valence-electron chi connectivity index (χ2n) is 5.84. The monoisotopic (exact) mass is 262 g/mol. The molecular formula is C15H22N2O2. The van der Waals surface area contributed by atoms with E-state index in [-0.39, 0.29) is 11.6 Å². The third kappa shape index (κ3) is 2.30. The molecule has 0 amide bonds. The lowest BCUT2D eigenvalue weighted by Gasteiger charge is -2.46. The fourth-order valence-corrected chi connectivity index (χ4v) is 3.39. The molecule has 2 N–H and O–H groups in total. The first kappa shape index (κ1) is 12.8. The largest absolute Gasteiger partial charge is 0.497 e. The maximum Gasteiger partial charge on any atom is 0.128 e. The molecule has 0 saturated carbocycles. The van der Waals surface area contributed by atoms with Crippen molar-refractivity contribution in [3.63, 3.8) is 0 Å². The van der Waals surface area contributed by atoms with Gasteiger partial charge in [0.1, 0.15) is 17.1 Å². The van der Waals surface area contributed by atoms with Crippen molar-refractivity contribution in [3.05, 3.63) is 23.8 Å². The van der Waals surface area contributed by atoms with Crippen LogP contribution in [0, 0.1) is 0 Å². The predicted octanol–water partition coefficient (Wildman–Crippen LogP) is 1.94. The second-order valence-corrected chi connectivity index (χ2v) is 5.84. The van der Waals surface area contributed by atoms with Gasteiger partial charge in [0, 0.05) is 30.6 Å². The number of likely N-dealkylation sites (tertiary alicyclic amines) is 1. The molecule has 3 rings (SSSR count). The fraction of sp³-hybridized carbons (Fsp3) is 0.600. The molecular weight excluding hydrogens is 240 g/mol. The molecule has 0 radical (unpaired) electrons. The summed E-state index contributed by atoms with van der Waals surface area (Å²) in [4.78, 5) is 2.33. The van der Waals surface area contributed by atoms with E-state index >= 15 is 0 Å². The van der Waals surface area contributed by atoms with Gasteiger partial charge in [0.2, 0.25) is 0 Å². The van der Waals surface area contributed by atoms with Gasteiger partial charge in [-0.2, -0.15) is 0 Å². The molecule has 1 aromatic rings. The number of rotatable bonds is 1. The van der Waals surface area contributed by atoms with Crippen LogP contribution in [0.3, 0.4) is 0 Å². The lowest BCUT2D eigenvalue weighted by Crippen LogP contribution is -2.53. The summed E-state index contributed by atoms with van der Waals surface area (Å²) < 4.78 is 11.6. The highest BCUT2D eigenvalue weighted by atomic mass is 16.5. The van der Waals surface area contributed by atoms with Crippen molar-refractivity contribution in [1.29, 1.82) is 0 Å². The molecule has 0 bridgehead atoms. The third-order valence-electron chi connectivity index (χ3n) is 4.27. The maximum absolute atomic E-state index is 6.35. The van der Waals surface area contributed by atoms with Gasteiger partial charge in [0.25, 0.3) is 0 Å². The topological polar surface area (TPSA) is 47.7 Å². The van der Waals surface area contributed by atoms with Gasteiger partial charge in [-0.15, -0.1) is 0 Å². The summed E-state index contributed by atoms with van der Waals surface area (Å²) in [6.07, 6.45) is 3.15. The molecule has 1 fully saturated rings. The molecule has 2 aliphatic rings. The molecule has 0 aliphatic carbocycles. The number of piperidine rings is 1. The first-order valence-corrected chi connectivity index (χ1v) is 6.93. The Labute approximate surface area is 114 Å². The van der Waals surface area contributed by atoms with E-state index in [1.165, 1.54) is 6.42 Å². The molecule has 1 aromatic carbocycles. The summed E-state index contributed by atoms with van der Waals surface area (Å²) in [5, 5.41) is 0. The molecule has 1 saturated heterocycles. The molecule has 1 spiro atoms. The number of fused-ring (bicyclic) bond motifs is 1. The van der Waals surface area contributed by atoms with Crippen LogP contribution in [0.15, 0.2) is 18.2 Å². The number of ether oxygens (including phenoxy) is 2. The maximum atomic E-state index is 6.35. The number of likely N-dealkylation sites (N-methyl/N-ethyl adjacent to an activating group) is 1. The smallest absolute Gasteiger partial charge is 0.128 e. The van der Waals surface area contributed by atoms with E-state index in [4.69, 9.17) is 15.2 Å². The summed E-state index contributed by atoms with van der Waals surface area (Å²) in [5.74, 6) is 1.72. The van der Waals surface area contributed by atoms with E-state index < -0.39 is 0 Å². The highest BCUT2D eigenvalue weighted by molar-refractivity contribution is 5.44. The summed E-state index contributed by atoms with van der Waals surface area (Å²) in [7, 11) is 3.82. The minimum absolute atomic E-state index is 0.0566. The van der Waals surface area contributed by atoms with Crippen LogP contribution in [0.25, 0.3) is 0 Å². The summed E-state index contributed by atoms with van der Waals surface area (Å²) in [5.41, 5.74) is 7.33. The van der Waals surface area contributed by atoms with E-state index in [9.17, 15) is 0 Å². The van der Waals surface area contributed by atoms with Crippen molar-refractivity contribution in [2.24, 2.45) is 5.73 Å². The van der Waals surface area contributed by atoms with Crippen LogP contribution in [-0.4, -0.2) is 37.7 Å². The van der Waals surface area contributed by atoms with Gasteiger partial charge in [-0.3, -0.25) is 0 Å². The number of nitrogens with zero attached hydrogens (tertiary/aromatic N) is 1. The van der Waals surface area contributed by atoms with Crippen LogP contribution < -0.4 is 15.2 Å². The van der Waals surface area contributed by atoms with Crippen LogP contribution in [0.5, 0.6) is 11.5 Å². The summed E-state index contributed by atoms with van der Waals surface area (Å²) >= 11 is 0. The van der Waals surface area contributed by atoms with Crippen LogP contribution >= 0.6 is 0 Å². The molecule has 104 valence electrons. The number of hydrogen-bond donors (Lipinski definition) is 1. The summed E-state index contributed by atoms with van der Waals surface area (Å²) in [6.45, 7) is 2.10. The lowest BCUT2D eigenvalue weighted by atomic mass is 9.82. The van der Waals surface area contributed by atoms with E-state index in [0.29, 0.717) is 0 Å². The van der Waals surface area contributed by atoms with Crippen molar-refractivity contribution >= 4 is 0 Å². The first-order chi connectivity index (χ1) is 9.12. The van der Waals surface area contributed by atoms with Crippen molar-refractivity contribution < 1.29 is 9.47 Å². The zero-order valence-corrected chi connectivity index (χ0v) is 11.7. The van der Waals surface area contributed by atoms with Crippen LogP contribution in [0.2, 0.25) is 0 Å². The van der Waals surface area contributed by atoms with E-state index in [2.05, 4.69) is 11.9 Å². The van der Waals surface area contributed by atoms with Gasteiger partial charge < -0.3 is 20.1 Å². The normalized spacial score (nSPS) is 30.8. The van der Waals surface area contributed by atoms with Crippen LogP contribution in [0.4, 0.5) is 0 Å². The Hall–Kier alpha value is -1.26. The average Bonchev–Trinajstić information content (AvgIpc) is 2.37. The van der Waals surface area contributed by atoms with Crippen molar-refractivity contribution in [2.45, 2.75) is 30.9 Å². The van der Waals surface area contributed by atoms with Gasteiger partial charge in [-0.25, -0.2) is 0 Å². The van der Waals surface area contributed by atoms with Crippen LogP contribution in [-0.2, 0) is 0 Å². The first-order valence-electron chi connectivity index (χ1n) is 6.93. The number of benzene rings is 1. The Balaban J connectivity index is 1.93. The summed E-state index contributed by atoms with van der Waals surface area (Å²) in [6, 6.07) is 6.00. The Morgan fingerprint density at radius 1 is 1.47 bits per heavy atom. The number of hydrogen-bond acceptors (Lipinski definition) is 4. The Morgan fingerprint density at radius 3 is 3.05 bits per heavy atom. The standard InChI is InChI=1S/C15H22N2O2/c1-17-7-3-6-15(10-17)9-13(16)12-5-4-11(18-2)8-14(12)19-15/h4-5,8,13H,3,6-7,9-10,16H2,1-2H3/t13-,15?/m1/s1. The number of methoxy groups -OCH3 is 1. The van der Waals surface area contributed by atoms with Crippen molar-refractivity contribution in [2.75, 3.05) is 27.2 Å². The minimum Gasteiger partial charge on any atom is -0.497 e. The Bertz CT molecular complexity index is 477. The average molecular weight is 262 g/mol. The highest BCUT2D eigenvalue weighted by Gasteiger charge is 2.42. The Kier molecular flexibility index (Phi) is 3.15. The quantitative estimate of drug-likeness (QED) is 0.840. The molecule has 2 heterocycles. The molecule has 4 heteroatoms. The van der Waals surface area contributed by atoms with Gasteiger partial charge in [0.05, 0.1) is 7.11 Å². The highest BCUT2D eigenvalue weighted by Crippen LogP contribution is 2.43. The van der Waals surface area contributed by atoms with Crippen molar-refractivity contribution in [1.82, 2.24) is 4.90 Å². The molecule has 0 aromatic heterocycles. The molecule has 2 aliphatic heterocycles. The predicted molar refractivity (Wildman–Crippen MR) is 74.6 cm³/mol. The molecule has 2 atom stereocenters. The molecule has 19 heavy (non-hydrogen) atoms. The SMILES string of the molecule is COc1ccc2c(c1)OC1(CCCN(C)C1)C[C@H]2N. The van der Waals surface area contributed by atoms with Gasteiger partial charge in [-0.05, 0) is 32.5 Å². The second kappa shape index (κ2) is 4.69. The van der Waals surface area contributed by atoms with Crippen LogP contribution in [0.1, 0.15) is 30.9 Å². The lowest BCUT2D eigenvalue weighted by molar-refractivity contribution is -0.0235. The van der Waals surface area contributed by atoms with Gasteiger partial charge in [0.15, 0.2) is 0 Å². The van der Waals surface area contributed by atoms with E-state index in [0.717, 1.165) is 43.0 Å².